The molecule has 1 fully saturated rings. The van der Waals surface area contributed by atoms with Crippen molar-refractivity contribution in [2.24, 2.45) is 0 Å². The van der Waals surface area contributed by atoms with Crippen molar-refractivity contribution in [1.29, 1.82) is 0 Å². The second kappa shape index (κ2) is 6.71. The number of nitrogens with zero attached hydrogens (tertiary/aromatic N) is 1. The van der Waals surface area contributed by atoms with Gasteiger partial charge in [-0.1, -0.05) is 12.8 Å². The van der Waals surface area contributed by atoms with E-state index >= 15 is 0 Å². The second-order valence-corrected chi connectivity index (χ2v) is 5.14. The van der Waals surface area contributed by atoms with Gasteiger partial charge in [0.15, 0.2) is 0 Å². The summed E-state index contributed by atoms with van der Waals surface area (Å²) in [5.74, 6) is -0.0339. The Hall–Kier alpha value is -0.940. The number of nitrogens with one attached hydrogen (secondary N) is 1. The first-order valence-corrected chi connectivity index (χ1v) is 7.02. The lowest BCUT2D eigenvalue weighted by molar-refractivity contribution is 0.0565. The molecule has 1 aliphatic carbocycles. The Labute approximate surface area is 105 Å². The molecule has 1 heterocycles. The molecule has 1 aliphatic rings. The van der Waals surface area contributed by atoms with Gasteiger partial charge in [0.05, 0.1) is 17.8 Å². The van der Waals surface area contributed by atoms with E-state index < -0.39 is 0 Å². The summed E-state index contributed by atoms with van der Waals surface area (Å²) in [6.45, 7) is 1.41. The van der Waals surface area contributed by atoms with Crippen molar-refractivity contribution in [3.63, 3.8) is 0 Å². The van der Waals surface area contributed by atoms with Crippen LogP contribution >= 0.6 is 11.3 Å². The zero-order chi connectivity index (χ0) is 11.9. The Balaban J connectivity index is 1.52. The van der Waals surface area contributed by atoms with Crippen molar-refractivity contribution in [3.8, 4) is 0 Å². The normalized spacial score (nSPS) is 16.2. The van der Waals surface area contributed by atoms with Gasteiger partial charge in [-0.2, -0.15) is 0 Å². The zero-order valence-corrected chi connectivity index (χ0v) is 10.7. The molecule has 4 nitrogen and oxygen atoms in total. The standard InChI is InChI=1S/C12H18N2O2S/c15-12(11-8-13-9-17-11)14-6-3-7-16-10-4-1-2-5-10/h8-10H,1-7H2,(H,14,15). The Morgan fingerprint density at radius 1 is 1.53 bits per heavy atom. The summed E-state index contributed by atoms with van der Waals surface area (Å²) in [5.41, 5.74) is 1.66. The van der Waals surface area contributed by atoms with Crippen molar-refractivity contribution in [1.82, 2.24) is 10.3 Å². The lowest BCUT2D eigenvalue weighted by atomic mass is 10.3. The number of hydrogen-bond donors (Lipinski definition) is 1. The highest BCUT2D eigenvalue weighted by Crippen LogP contribution is 2.20. The molecule has 2 rings (SSSR count). The average molecular weight is 254 g/mol. The molecule has 5 heteroatoms. The molecule has 0 atom stereocenters. The largest absolute Gasteiger partial charge is 0.378 e. The van der Waals surface area contributed by atoms with Crippen LogP contribution in [0.1, 0.15) is 41.8 Å². The van der Waals surface area contributed by atoms with Crippen molar-refractivity contribution in [2.75, 3.05) is 13.2 Å². The first-order chi connectivity index (χ1) is 8.36. The molecule has 0 spiro atoms. The molecule has 0 aromatic carbocycles. The van der Waals surface area contributed by atoms with E-state index in [1.54, 1.807) is 11.7 Å². The summed E-state index contributed by atoms with van der Waals surface area (Å²) in [7, 11) is 0. The van der Waals surface area contributed by atoms with Crippen LogP contribution in [0.4, 0.5) is 0 Å². The number of ether oxygens (including phenoxy) is 1. The number of amides is 1. The molecule has 0 saturated heterocycles. The molecule has 17 heavy (non-hydrogen) atoms. The zero-order valence-electron chi connectivity index (χ0n) is 9.85. The first-order valence-electron chi connectivity index (χ1n) is 6.14. The molecule has 0 bridgehead atoms. The summed E-state index contributed by atoms with van der Waals surface area (Å²) in [4.78, 5) is 16.1. The van der Waals surface area contributed by atoms with E-state index in [2.05, 4.69) is 10.3 Å². The molecule has 0 unspecified atom stereocenters. The fourth-order valence-corrected chi connectivity index (χ4v) is 2.53. The summed E-state index contributed by atoms with van der Waals surface area (Å²) in [5, 5.41) is 2.86. The summed E-state index contributed by atoms with van der Waals surface area (Å²) < 4.78 is 5.71. The minimum absolute atomic E-state index is 0.0339. The monoisotopic (exact) mass is 254 g/mol. The molecule has 1 amide bonds. The van der Waals surface area contributed by atoms with Gasteiger partial charge >= 0.3 is 0 Å². The smallest absolute Gasteiger partial charge is 0.262 e. The molecule has 1 saturated carbocycles. The third-order valence-corrected chi connectivity index (χ3v) is 3.69. The van der Waals surface area contributed by atoms with E-state index in [1.807, 2.05) is 0 Å². The van der Waals surface area contributed by atoms with Gasteiger partial charge < -0.3 is 10.1 Å². The van der Waals surface area contributed by atoms with Crippen molar-refractivity contribution in [3.05, 3.63) is 16.6 Å². The van der Waals surface area contributed by atoms with Gasteiger partial charge in [0.25, 0.3) is 5.91 Å². The maximum Gasteiger partial charge on any atom is 0.262 e. The number of thiazole rings is 1. The summed E-state index contributed by atoms with van der Waals surface area (Å²) in [6, 6.07) is 0. The fraction of sp³-hybridized carbons (Fsp3) is 0.667. The minimum atomic E-state index is -0.0339. The Kier molecular flexibility index (Phi) is 4.94. The molecule has 0 radical (unpaired) electrons. The fourth-order valence-electron chi connectivity index (χ4n) is 1.99. The van der Waals surface area contributed by atoms with Crippen LogP contribution in [-0.2, 0) is 4.74 Å². The highest BCUT2D eigenvalue weighted by Gasteiger charge is 2.14. The van der Waals surface area contributed by atoms with Gasteiger partial charge in [0.2, 0.25) is 0 Å². The minimum Gasteiger partial charge on any atom is -0.378 e. The van der Waals surface area contributed by atoms with Gasteiger partial charge in [0.1, 0.15) is 4.88 Å². The van der Waals surface area contributed by atoms with Crippen LogP contribution in [0.2, 0.25) is 0 Å². The van der Waals surface area contributed by atoms with Crippen molar-refractivity contribution in [2.45, 2.75) is 38.2 Å². The molecule has 1 N–H and O–H groups in total. The quantitative estimate of drug-likeness (QED) is 0.792. The van der Waals surface area contributed by atoms with Gasteiger partial charge in [-0.15, -0.1) is 11.3 Å². The van der Waals surface area contributed by atoms with Crippen LogP contribution in [0.3, 0.4) is 0 Å². The van der Waals surface area contributed by atoms with E-state index in [9.17, 15) is 4.79 Å². The third kappa shape index (κ3) is 4.09. The van der Waals surface area contributed by atoms with E-state index in [0.29, 0.717) is 17.5 Å². The Morgan fingerprint density at radius 3 is 3.06 bits per heavy atom. The highest BCUT2D eigenvalue weighted by molar-refractivity contribution is 7.11. The number of rotatable bonds is 6. The molecular formula is C12H18N2O2S. The van der Waals surface area contributed by atoms with Crippen LogP contribution in [0.5, 0.6) is 0 Å². The molecule has 1 aromatic heterocycles. The third-order valence-electron chi connectivity index (χ3n) is 2.92. The van der Waals surface area contributed by atoms with Crippen LogP contribution in [0.25, 0.3) is 0 Å². The number of carbonyl (C=O) groups excluding carboxylic acids is 1. The first kappa shape index (κ1) is 12.5. The topological polar surface area (TPSA) is 51.2 Å². The van der Waals surface area contributed by atoms with E-state index in [1.165, 1.54) is 37.0 Å². The van der Waals surface area contributed by atoms with Crippen LogP contribution in [-0.4, -0.2) is 30.1 Å². The molecule has 1 aromatic rings. The maximum absolute atomic E-state index is 11.5. The van der Waals surface area contributed by atoms with Crippen LogP contribution in [0.15, 0.2) is 11.7 Å². The van der Waals surface area contributed by atoms with Gasteiger partial charge in [-0.3, -0.25) is 9.78 Å². The van der Waals surface area contributed by atoms with E-state index in [4.69, 9.17) is 4.74 Å². The maximum atomic E-state index is 11.5. The number of aromatic nitrogens is 1. The van der Waals surface area contributed by atoms with E-state index in [-0.39, 0.29) is 5.91 Å². The van der Waals surface area contributed by atoms with Crippen LogP contribution in [0, 0.1) is 0 Å². The molecule has 94 valence electrons. The molecular weight excluding hydrogens is 236 g/mol. The Bertz CT molecular complexity index is 334. The lowest BCUT2D eigenvalue weighted by Crippen LogP contribution is -2.25. The van der Waals surface area contributed by atoms with Crippen molar-refractivity contribution >= 4 is 17.2 Å². The highest BCUT2D eigenvalue weighted by atomic mass is 32.1. The summed E-state index contributed by atoms with van der Waals surface area (Å²) in [6.07, 6.45) is 7.93. The predicted molar refractivity (Wildman–Crippen MR) is 67.3 cm³/mol. The summed E-state index contributed by atoms with van der Waals surface area (Å²) >= 11 is 1.36. The van der Waals surface area contributed by atoms with Crippen molar-refractivity contribution < 1.29 is 9.53 Å². The van der Waals surface area contributed by atoms with Gasteiger partial charge in [-0.05, 0) is 19.3 Å². The molecule has 0 aliphatic heterocycles. The van der Waals surface area contributed by atoms with Crippen LogP contribution < -0.4 is 5.32 Å². The lowest BCUT2D eigenvalue weighted by Gasteiger charge is -2.10. The predicted octanol–water partition coefficient (Wildman–Crippen LogP) is 2.22. The number of carbonyl (C=O) groups is 1. The second-order valence-electron chi connectivity index (χ2n) is 4.25. The Morgan fingerprint density at radius 2 is 2.35 bits per heavy atom. The van der Waals surface area contributed by atoms with E-state index in [0.717, 1.165) is 13.0 Å². The SMILES string of the molecule is O=C(NCCCOC1CCCC1)c1cncs1. The van der Waals surface area contributed by atoms with Gasteiger partial charge in [0, 0.05) is 13.2 Å². The average Bonchev–Trinajstić information content (AvgIpc) is 3.01. The van der Waals surface area contributed by atoms with Gasteiger partial charge in [-0.25, -0.2) is 0 Å². The number of hydrogen-bond acceptors (Lipinski definition) is 4.